The number of ether oxygens (including phenoxy) is 1. The SMILES string of the molecule is CCC(C)OC(C)(C)[Si](C)(C)O[Si](C)(C)C. The highest BCUT2D eigenvalue weighted by atomic mass is 28.4. The highest BCUT2D eigenvalue weighted by Gasteiger charge is 2.45. The summed E-state index contributed by atoms with van der Waals surface area (Å²) >= 11 is 0. The lowest BCUT2D eigenvalue weighted by atomic mass is 10.3. The molecule has 1 atom stereocenters. The second kappa shape index (κ2) is 5.33. The third-order valence-electron chi connectivity index (χ3n) is 3.08. The van der Waals surface area contributed by atoms with Crippen molar-refractivity contribution in [3.8, 4) is 0 Å². The van der Waals surface area contributed by atoms with Crippen molar-refractivity contribution >= 4 is 16.6 Å². The summed E-state index contributed by atoms with van der Waals surface area (Å²) in [5.41, 5.74) is 0. The number of hydrogen-bond donors (Lipinski definition) is 0. The maximum Gasteiger partial charge on any atom is 0.205 e. The molecule has 16 heavy (non-hydrogen) atoms. The van der Waals surface area contributed by atoms with Crippen molar-refractivity contribution < 1.29 is 8.85 Å². The van der Waals surface area contributed by atoms with E-state index in [0.717, 1.165) is 6.42 Å². The lowest BCUT2D eigenvalue weighted by Gasteiger charge is -2.44. The molecule has 0 aromatic heterocycles. The van der Waals surface area contributed by atoms with E-state index in [9.17, 15) is 0 Å². The zero-order valence-electron chi connectivity index (χ0n) is 12.6. The average molecular weight is 263 g/mol. The van der Waals surface area contributed by atoms with Crippen molar-refractivity contribution in [2.45, 2.75) is 78.2 Å². The highest BCUT2D eigenvalue weighted by Crippen LogP contribution is 2.30. The Bertz CT molecular complexity index is 220. The van der Waals surface area contributed by atoms with Gasteiger partial charge in [-0.25, -0.2) is 0 Å². The molecule has 0 radical (unpaired) electrons. The molecule has 0 rings (SSSR count). The second-order valence-corrected chi connectivity index (χ2v) is 15.8. The highest BCUT2D eigenvalue weighted by molar-refractivity contribution is 6.85. The summed E-state index contributed by atoms with van der Waals surface area (Å²) in [6.45, 7) is 20.0. The van der Waals surface area contributed by atoms with Gasteiger partial charge in [0.1, 0.15) is 0 Å². The summed E-state index contributed by atoms with van der Waals surface area (Å²) in [7, 11) is -3.29. The molecule has 98 valence electrons. The molecule has 0 aliphatic carbocycles. The summed E-state index contributed by atoms with van der Waals surface area (Å²) in [6, 6.07) is 0. The Morgan fingerprint density at radius 1 is 1.06 bits per heavy atom. The van der Waals surface area contributed by atoms with Crippen molar-refractivity contribution in [2.24, 2.45) is 0 Å². The van der Waals surface area contributed by atoms with E-state index in [0.29, 0.717) is 6.10 Å². The molecular formula is C12H30O2Si2. The Kier molecular flexibility index (Phi) is 5.45. The molecule has 0 aromatic carbocycles. The molecule has 0 amide bonds. The van der Waals surface area contributed by atoms with E-state index in [2.05, 4.69) is 60.4 Å². The minimum absolute atomic E-state index is 0.122. The zero-order valence-corrected chi connectivity index (χ0v) is 14.6. The molecule has 0 heterocycles. The average Bonchev–Trinajstić information content (AvgIpc) is 1.98. The first-order chi connectivity index (χ1) is 6.91. The fraction of sp³-hybridized carbons (Fsp3) is 1.00. The van der Waals surface area contributed by atoms with Crippen LogP contribution in [0.3, 0.4) is 0 Å². The molecule has 0 aliphatic rings. The maximum absolute atomic E-state index is 6.39. The van der Waals surface area contributed by atoms with E-state index in [1.165, 1.54) is 0 Å². The van der Waals surface area contributed by atoms with Crippen LogP contribution >= 0.6 is 0 Å². The van der Waals surface area contributed by atoms with Gasteiger partial charge in [-0.15, -0.1) is 0 Å². The molecule has 0 fully saturated rings. The van der Waals surface area contributed by atoms with Gasteiger partial charge in [0, 0.05) is 0 Å². The standard InChI is InChI=1S/C12H30O2Si2/c1-10-11(2)13-12(3,4)16(8,9)14-15(5,6)7/h11H,10H2,1-9H3. The fourth-order valence-electron chi connectivity index (χ4n) is 1.62. The Labute approximate surface area is 104 Å². The van der Waals surface area contributed by atoms with Crippen LogP contribution in [0.1, 0.15) is 34.1 Å². The Balaban J connectivity index is 4.70. The topological polar surface area (TPSA) is 18.5 Å². The molecule has 0 aromatic rings. The summed E-state index contributed by atoms with van der Waals surface area (Å²) in [4.78, 5) is 0. The van der Waals surface area contributed by atoms with Gasteiger partial charge < -0.3 is 8.85 Å². The predicted molar refractivity (Wildman–Crippen MR) is 76.8 cm³/mol. The number of rotatable bonds is 6. The van der Waals surface area contributed by atoms with Crippen molar-refractivity contribution in [3.05, 3.63) is 0 Å². The summed E-state index contributed by atoms with van der Waals surface area (Å²) in [5, 5.41) is -0.122. The van der Waals surface area contributed by atoms with Crippen LogP contribution in [0.5, 0.6) is 0 Å². The van der Waals surface area contributed by atoms with Crippen LogP contribution in [0, 0.1) is 0 Å². The molecule has 4 heteroatoms. The van der Waals surface area contributed by atoms with Gasteiger partial charge in [0.15, 0.2) is 8.32 Å². The quantitative estimate of drug-likeness (QED) is 0.669. The van der Waals surface area contributed by atoms with E-state index in [-0.39, 0.29) is 5.22 Å². The molecule has 1 unspecified atom stereocenters. The van der Waals surface area contributed by atoms with E-state index in [4.69, 9.17) is 8.85 Å². The minimum atomic E-state index is -1.81. The van der Waals surface area contributed by atoms with Gasteiger partial charge in [0.05, 0.1) is 11.3 Å². The van der Waals surface area contributed by atoms with Gasteiger partial charge in [0.25, 0.3) is 0 Å². The lowest BCUT2D eigenvalue weighted by Crippen LogP contribution is -2.59. The number of hydrogen-bond acceptors (Lipinski definition) is 2. The van der Waals surface area contributed by atoms with Crippen molar-refractivity contribution in [1.82, 2.24) is 0 Å². The largest absolute Gasteiger partial charge is 0.454 e. The van der Waals surface area contributed by atoms with Crippen LogP contribution in [0.25, 0.3) is 0 Å². The minimum Gasteiger partial charge on any atom is -0.454 e. The van der Waals surface area contributed by atoms with Crippen molar-refractivity contribution in [2.75, 3.05) is 0 Å². The zero-order chi connectivity index (χ0) is 13.2. The van der Waals surface area contributed by atoms with E-state index < -0.39 is 16.6 Å². The van der Waals surface area contributed by atoms with Crippen molar-refractivity contribution in [3.63, 3.8) is 0 Å². The monoisotopic (exact) mass is 262 g/mol. The molecule has 0 saturated carbocycles. The van der Waals surface area contributed by atoms with Gasteiger partial charge in [-0.3, -0.25) is 0 Å². The first-order valence-electron chi connectivity index (χ1n) is 6.29. The van der Waals surface area contributed by atoms with Gasteiger partial charge in [0.2, 0.25) is 8.32 Å². The first-order valence-corrected chi connectivity index (χ1v) is 12.6. The molecule has 0 N–H and O–H groups in total. The second-order valence-electron chi connectivity index (χ2n) is 6.57. The van der Waals surface area contributed by atoms with E-state index in [1.807, 2.05) is 0 Å². The fourth-order valence-corrected chi connectivity index (χ4v) is 9.21. The third-order valence-corrected chi connectivity index (χ3v) is 10.6. The molecule has 0 aliphatic heterocycles. The molecule has 0 saturated heterocycles. The van der Waals surface area contributed by atoms with E-state index >= 15 is 0 Å². The molecule has 2 nitrogen and oxygen atoms in total. The van der Waals surface area contributed by atoms with Crippen LogP contribution in [0.4, 0.5) is 0 Å². The van der Waals surface area contributed by atoms with Gasteiger partial charge >= 0.3 is 0 Å². The van der Waals surface area contributed by atoms with Gasteiger partial charge in [-0.05, 0) is 59.9 Å². The first kappa shape index (κ1) is 16.4. The predicted octanol–water partition coefficient (Wildman–Crippen LogP) is 4.18. The molecule has 0 spiro atoms. The van der Waals surface area contributed by atoms with Crippen LogP contribution in [0.2, 0.25) is 32.7 Å². The normalized spacial score (nSPS) is 16.3. The van der Waals surface area contributed by atoms with Crippen LogP contribution in [0.15, 0.2) is 0 Å². The summed E-state index contributed by atoms with van der Waals surface area (Å²) < 4.78 is 12.5. The third kappa shape index (κ3) is 5.12. The van der Waals surface area contributed by atoms with Gasteiger partial charge in [-0.2, -0.15) is 0 Å². The summed E-state index contributed by atoms with van der Waals surface area (Å²) in [6.07, 6.45) is 1.37. The van der Waals surface area contributed by atoms with Crippen LogP contribution < -0.4 is 0 Å². The Morgan fingerprint density at radius 2 is 1.50 bits per heavy atom. The smallest absolute Gasteiger partial charge is 0.205 e. The van der Waals surface area contributed by atoms with Crippen LogP contribution in [-0.4, -0.2) is 28.0 Å². The lowest BCUT2D eigenvalue weighted by molar-refractivity contribution is -0.0257. The molecule has 0 bridgehead atoms. The Hall–Kier alpha value is 0.354. The maximum atomic E-state index is 6.39. The van der Waals surface area contributed by atoms with E-state index in [1.54, 1.807) is 0 Å². The van der Waals surface area contributed by atoms with Gasteiger partial charge in [-0.1, -0.05) is 6.92 Å². The Morgan fingerprint density at radius 3 is 1.81 bits per heavy atom. The molecular weight excluding hydrogens is 232 g/mol. The van der Waals surface area contributed by atoms with Crippen LogP contribution in [-0.2, 0) is 8.85 Å². The summed E-state index contributed by atoms with van der Waals surface area (Å²) in [5.74, 6) is 0. The van der Waals surface area contributed by atoms with Crippen molar-refractivity contribution in [1.29, 1.82) is 0 Å².